The van der Waals surface area contributed by atoms with Gasteiger partial charge in [0.15, 0.2) is 6.10 Å². The Labute approximate surface area is 296 Å². The number of ether oxygens (including phenoxy) is 5. The van der Waals surface area contributed by atoms with E-state index in [1.807, 2.05) is 0 Å². The lowest BCUT2D eigenvalue weighted by atomic mass is 9.98. The minimum absolute atomic E-state index is 0.0225. The molecule has 0 amide bonds. The molecule has 5 unspecified atom stereocenters. The first-order chi connectivity index (χ1) is 24.9. The molecule has 1 aliphatic heterocycles. The summed E-state index contributed by atoms with van der Waals surface area (Å²) >= 11 is 0. The van der Waals surface area contributed by atoms with Crippen LogP contribution in [0.2, 0.25) is 0 Å². The summed E-state index contributed by atoms with van der Waals surface area (Å²) in [6.07, 6.45) is -9.02. The molecule has 1 N–H and O–H groups in total. The Kier molecular flexibility index (Phi) is 10.8. The number of aryl methyl sites for hydroxylation is 1. The van der Waals surface area contributed by atoms with E-state index >= 15 is 0 Å². The van der Waals surface area contributed by atoms with Crippen molar-refractivity contribution in [3.05, 3.63) is 148 Å². The lowest BCUT2D eigenvalue weighted by Gasteiger charge is -2.43. The minimum Gasteiger partial charge on any atom is -0.461 e. The zero-order chi connectivity index (χ0) is 36.8. The Morgan fingerprint density at radius 3 is 1.81 bits per heavy atom. The molecule has 4 aromatic carbocycles. The van der Waals surface area contributed by atoms with Crippen LogP contribution in [0.1, 0.15) is 36.6 Å². The van der Waals surface area contributed by atoms with Crippen molar-refractivity contribution in [3.63, 3.8) is 0 Å². The van der Waals surface area contributed by atoms with Crippen LogP contribution in [0, 0.1) is 6.92 Å². The third-order valence-corrected chi connectivity index (χ3v) is 8.36. The van der Waals surface area contributed by atoms with Crippen molar-refractivity contribution in [2.75, 3.05) is 6.61 Å². The maximum atomic E-state index is 13.5. The Bertz CT molecular complexity index is 2220. The summed E-state index contributed by atoms with van der Waals surface area (Å²) < 4.78 is 74.1. The van der Waals surface area contributed by atoms with Crippen LogP contribution in [0.15, 0.2) is 124 Å². The first kappa shape index (κ1) is 35.9. The number of fused-ring (bicyclic) bond motifs is 1. The third-order valence-electron chi connectivity index (χ3n) is 7.89. The van der Waals surface area contributed by atoms with Gasteiger partial charge in [-0.3, -0.25) is 4.55 Å². The molecule has 0 aliphatic carbocycles. The monoisotopic (exact) mass is 730 g/mol. The summed E-state index contributed by atoms with van der Waals surface area (Å²) in [5.74, 6) is -2.76. The smallest absolute Gasteiger partial charge is 0.397 e. The van der Waals surface area contributed by atoms with E-state index in [-0.39, 0.29) is 28.0 Å². The lowest BCUT2D eigenvalue weighted by molar-refractivity contribution is -0.271. The molecule has 14 nitrogen and oxygen atoms in total. The molecular formula is C37H30O14S. The van der Waals surface area contributed by atoms with E-state index in [1.165, 1.54) is 54.6 Å². The van der Waals surface area contributed by atoms with Crippen molar-refractivity contribution < 1.29 is 59.6 Å². The van der Waals surface area contributed by atoms with Gasteiger partial charge in [0.05, 0.1) is 16.7 Å². The Morgan fingerprint density at radius 1 is 0.712 bits per heavy atom. The number of carbonyl (C=O) groups excluding carboxylic acids is 3. The molecule has 2 heterocycles. The topological polar surface area (TPSA) is 191 Å². The third kappa shape index (κ3) is 8.70. The Balaban J connectivity index is 1.43. The Hall–Kier alpha value is -5.87. The van der Waals surface area contributed by atoms with Gasteiger partial charge in [-0.05, 0) is 61.0 Å². The molecule has 0 bridgehead atoms. The highest BCUT2D eigenvalue weighted by atomic mass is 32.3. The molecule has 1 fully saturated rings. The summed E-state index contributed by atoms with van der Waals surface area (Å²) in [7, 11) is -5.33. The Morgan fingerprint density at radius 2 is 1.25 bits per heavy atom. The number of rotatable bonds is 11. The van der Waals surface area contributed by atoms with E-state index in [0.29, 0.717) is 10.9 Å². The van der Waals surface area contributed by atoms with Crippen LogP contribution in [0.4, 0.5) is 0 Å². The van der Waals surface area contributed by atoms with Crippen LogP contribution in [0.25, 0.3) is 11.0 Å². The summed E-state index contributed by atoms with van der Waals surface area (Å²) in [5, 5.41) is 0.588. The summed E-state index contributed by atoms with van der Waals surface area (Å²) in [5.41, 5.74) is 0.377. The molecule has 52 heavy (non-hydrogen) atoms. The summed E-state index contributed by atoms with van der Waals surface area (Å²) in [6.45, 7) is 0.990. The number of esters is 3. The summed E-state index contributed by atoms with van der Waals surface area (Å²) in [4.78, 5) is 52.1. The van der Waals surface area contributed by atoms with Crippen LogP contribution in [-0.2, 0) is 33.5 Å². The second-order valence-corrected chi connectivity index (χ2v) is 12.5. The molecule has 268 valence electrons. The van der Waals surface area contributed by atoms with Gasteiger partial charge in [0.25, 0.3) is 0 Å². The number of hydrogen-bond donors (Lipinski definition) is 1. The zero-order valence-electron chi connectivity index (χ0n) is 27.2. The van der Waals surface area contributed by atoms with E-state index in [0.717, 1.165) is 0 Å². The van der Waals surface area contributed by atoms with Gasteiger partial charge in [-0.1, -0.05) is 54.6 Å². The van der Waals surface area contributed by atoms with Gasteiger partial charge < -0.3 is 28.1 Å². The van der Waals surface area contributed by atoms with Crippen molar-refractivity contribution in [1.82, 2.24) is 0 Å². The highest BCUT2D eigenvalue weighted by Crippen LogP contribution is 2.33. The quantitative estimate of drug-likeness (QED) is 0.0851. The van der Waals surface area contributed by atoms with E-state index in [1.54, 1.807) is 67.6 Å². The van der Waals surface area contributed by atoms with Gasteiger partial charge in [-0.25, -0.2) is 23.4 Å². The maximum absolute atomic E-state index is 13.5. The van der Waals surface area contributed by atoms with Crippen molar-refractivity contribution in [2.45, 2.75) is 37.6 Å². The normalized spacial score (nSPS) is 20.1. The highest BCUT2D eigenvalue weighted by molar-refractivity contribution is 7.80. The van der Waals surface area contributed by atoms with Gasteiger partial charge in [0.1, 0.15) is 30.1 Å². The zero-order valence-corrected chi connectivity index (χ0v) is 28.0. The van der Waals surface area contributed by atoms with Crippen LogP contribution in [0.3, 0.4) is 0 Å². The molecule has 5 atom stereocenters. The second kappa shape index (κ2) is 15.6. The lowest BCUT2D eigenvalue weighted by Crippen LogP contribution is -2.63. The van der Waals surface area contributed by atoms with E-state index in [2.05, 4.69) is 0 Å². The average Bonchev–Trinajstić information content (AvgIpc) is 3.13. The van der Waals surface area contributed by atoms with Crippen molar-refractivity contribution in [2.24, 2.45) is 0 Å². The standard InChI is InChI=1S/C37H30O14S/c1-22-19-30(38)47-28-20-26(17-18-27(22)28)46-37-33(50-36(41)25-15-9-4-10-16-25)32(49-35(40)24-13-7-3-8-14-24)31(51-52(42,43)44)29(48-37)21-45-34(39)23-11-5-2-6-12-23/h2-20,29,31-33,37H,21H2,1H3,(H,42,43,44). The van der Waals surface area contributed by atoms with Gasteiger partial charge in [0, 0.05) is 17.5 Å². The molecule has 1 aromatic heterocycles. The molecular weight excluding hydrogens is 700 g/mol. The summed E-state index contributed by atoms with van der Waals surface area (Å²) in [6, 6.07) is 28.9. The maximum Gasteiger partial charge on any atom is 0.397 e. The molecule has 1 saturated heterocycles. The number of benzene rings is 4. The fourth-order valence-corrected chi connectivity index (χ4v) is 6.00. The van der Waals surface area contributed by atoms with Crippen LogP contribution < -0.4 is 10.4 Å². The van der Waals surface area contributed by atoms with Gasteiger partial charge in [0.2, 0.25) is 12.4 Å². The van der Waals surface area contributed by atoms with Crippen LogP contribution >= 0.6 is 0 Å². The first-order valence-electron chi connectivity index (χ1n) is 15.7. The first-order valence-corrected chi connectivity index (χ1v) is 17.1. The fraction of sp³-hybridized carbons (Fsp3) is 0.189. The molecule has 0 spiro atoms. The fourth-order valence-electron chi connectivity index (χ4n) is 5.48. The molecule has 0 saturated carbocycles. The second-order valence-electron chi connectivity index (χ2n) is 11.5. The number of carbonyl (C=O) groups is 3. The van der Waals surface area contributed by atoms with Gasteiger partial charge in [-0.15, -0.1) is 0 Å². The molecule has 15 heteroatoms. The average molecular weight is 731 g/mol. The van der Waals surface area contributed by atoms with Crippen molar-refractivity contribution in [3.8, 4) is 5.75 Å². The highest BCUT2D eigenvalue weighted by Gasteiger charge is 2.54. The number of hydrogen-bond acceptors (Lipinski definition) is 13. The minimum atomic E-state index is -5.33. The van der Waals surface area contributed by atoms with Gasteiger partial charge in [-0.2, -0.15) is 8.42 Å². The van der Waals surface area contributed by atoms with Crippen LogP contribution in [-0.4, -0.2) is 68.2 Å². The molecule has 5 aromatic rings. The van der Waals surface area contributed by atoms with Crippen molar-refractivity contribution >= 4 is 39.3 Å². The molecule has 1 aliphatic rings. The van der Waals surface area contributed by atoms with Crippen LogP contribution in [0.5, 0.6) is 5.75 Å². The van der Waals surface area contributed by atoms with Crippen molar-refractivity contribution in [1.29, 1.82) is 0 Å². The largest absolute Gasteiger partial charge is 0.461 e. The van der Waals surface area contributed by atoms with Gasteiger partial charge >= 0.3 is 33.9 Å². The molecule has 6 rings (SSSR count). The van der Waals surface area contributed by atoms with E-state index in [4.69, 9.17) is 32.3 Å². The predicted molar refractivity (Wildman–Crippen MR) is 181 cm³/mol. The molecule has 0 radical (unpaired) electrons. The van der Waals surface area contributed by atoms with E-state index < -0.39 is 71.2 Å². The van der Waals surface area contributed by atoms with E-state index in [9.17, 15) is 32.1 Å². The SMILES string of the molecule is Cc1cc(=O)oc2cc(OC3OC(COC(=O)c4ccccc4)C(OS(=O)(=O)O)C(OC(=O)c4ccccc4)C3OC(=O)c3ccccc3)ccc12. The predicted octanol–water partition coefficient (Wildman–Crippen LogP) is 4.70.